The predicted molar refractivity (Wildman–Crippen MR) is 73.8 cm³/mol. The molecule has 1 aromatic carbocycles. The van der Waals surface area contributed by atoms with Crippen molar-refractivity contribution in [1.29, 1.82) is 0 Å². The van der Waals surface area contributed by atoms with E-state index in [9.17, 15) is 9.90 Å². The Bertz CT molecular complexity index is 657. The first-order valence-corrected chi connectivity index (χ1v) is 5.76. The number of benzene rings is 1. The molecule has 19 heavy (non-hydrogen) atoms. The van der Waals surface area contributed by atoms with Crippen LogP contribution in [0.1, 0.15) is 16.9 Å². The quantitative estimate of drug-likeness (QED) is 0.655. The molecule has 98 valence electrons. The fraction of sp³-hybridized carbons (Fsp3) is 0.143. The second-order valence-electron chi connectivity index (χ2n) is 4.18. The summed E-state index contributed by atoms with van der Waals surface area (Å²) in [6.45, 7) is 3.58. The van der Waals surface area contributed by atoms with Gasteiger partial charge < -0.3 is 9.52 Å². The summed E-state index contributed by atoms with van der Waals surface area (Å²) < 4.78 is 4.87. The van der Waals surface area contributed by atoms with Crippen LogP contribution in [-0.4, -0.2) is 11.3 Å². The molecule has 1 heterocycles. The van der Waals surface area contributed by atoms with Gasteiger partial charge in [-0.05, 0) is 26.0 Å². The normalized spacial score (nSPS) is 10.8. The van der Waals surface area contributed by atoms with Gasteiger partial charge in [0.15, 0.2) is 0 Å². The highest BCUT2D eigenvalue weighted by molar-refractivity contribution is 5.83. The molecule has 0 saturated heterocycles. The number of nitrogens with zero attached hydrogens (tertiary/aromatic N) is 1. The van der Waals surface area contributed by atoms with Gasteiger partial charge in [0.25, 0.3) is 0 Å². The maximum atomic E-state index is 11.5. The lowest BCUT2D eigenvalue weighted by Crippen LogP contribution is -2.08. The van der Waals surface area contributed by atoms with Crippen LogP contribution in [0, 0.1) is 13.8 Å². The van der Waals surface area contributed by atoms with Gasteiger partial charge in [-0.2, -0.15) is 5.10 Å². The lowest BCUT2D eigenvalue weighted by atomic mass is 10.2. The number of aryl methyl sites for hydroxylation is 2. The lowest BCUT2D eigenvalue weighted by Gasteiger charge is -2.01. The summed E-state index contributed by atoms with van der Waals surface area (Å²) in [6.07, 6.45) is 1.24. The number of aromatic hydroxyl groups is 1. The Morgan fingerprint density at radius 2 is 1.95 bits per heavy atom. The summed E-state index contributed by atoms with van der Waals surface area (Å²) in [6, 6.07) is 8.98. The Labute approximate surface area is 110 Å². The van der Waals surface area contributed by atoms with Gasteiger partial charge in [-0.3, -0.25) is 5.43 Å². The maximum absolute atomic E-state index is 11.5. The molecule has 0 aliphatic carbocycles. The van der Waals surface area contributed by atoms with Crippen molar-refractivity contribution in [2.24, 2.45) is 5.10 Å². The van der Waals surface area contributed by atoms with Crippen molar-refractivity contribution < 1.29 is 9.52 Å². The van der Waals surface area contributed by atoms with E-state index in [1.807, 2.05) is 31.2 Å². The molecule has 0 unspecified atom stereocenters. The average Bonchev–Trinajstić information content (AvgIpc) is 2.34. The number of hydrogen-bond acceptors (Lipinski definition) is 5. The highest BCUT2D eigenvalue weighted by Gasteiger charge is 2.06. The molecule has 2 N–H and O–H groups in total. The minimum absolute atomic E-state index is 0.0187. The Kier molecular flexibility index (Phi) is 3.66. The fourth-order valence-electron chi connectivity index (χ4n) is 1.52. The predicted octanol–water partition coefficient (Wildman–Crippen LogP) is 2.41. The van der Waals surface area contributed by atoms with E-state index in [-0.39, 0.29) is 11.3 Å². The molecule has 0 saturated carbocycles. The molecule has 0 aliphatic rings. The molecule has 2 rings (SSSR count). The van der Waals surface area contributed by atoms with E-state index in [1.54, 1.807) is 6.92 Å². The van der Waals surface area contributed by atoms with Crippen LogP contribution in [0.25, 0.3) is 0 Å². The first-order chi connectivity index (χ1) is 9.06. The van der Waals surface area contributed by atoms with E-state index in [4.69, 9.17) is 4.42 Å². The van der Waals surface area contributed by atoms with Crippen LogP contribution in [0.2, 0.25) is 0 Å². The second kappa shape index (κ2) is 5.39. The van der Waals surface area contributed by atoms with Gasteiger partial charge in [0.05, 0.1) is 11.9 Å². The Morgan fingerprint density at radius 3 is 2.58 bits per heavy atom. The van der Waals surface area contributed by atoms with Gasteiger partial charge in [0.2, 0.25) is 0 Å². The van der Waals surface area contributed by atoms with Crippen LogP contribution in [0.3, 0.4) is 0 Å². The third-order valence-corrected chi connectivity index (χ3v) is 2.53. The second-order valence-corrected chi connectivity index (χ2v) is 4.18. The lowest BCUT2D eigenvalue weighted by molar-refractivity contribution is 0.433. The molecule has 2 aromatic rings. The van der Waals surface area contributed by atoms with Crippen LogP contribution in [0.15, 0.2) is 44.6 Å². The zero-order chi connectivity index (χ0) is 13.8. The van der Waals surface area contributed by atoms with Gasteiger partial charge in [0.1, 0.15) is 17.1 Å². The number of hydrogen-bond donors (Lipinski definition) is 2. The molecule has 5 nitrogen and oxygen atoms in total. The van der Waals surface area contributed by atoms with E-state index >= 15 is 0 Å². The van der Waals surface area contributed by atoms with E-state index in [1.165, 1.54) is 12.3 Å². The molecule has 0 amide bonds. The monoisotopic (exact) mass is 258 g/mol. The highest BCUT2D eigenvalue weighted by Crippen LogP contribution is 2.13. The maximum Gasteiger partial charge on any atom is 0.348 e. The molecular formula is C14H14N2O3. The van der Waals surface area contributed by atoms with Crippen molar-refractivity contribution in [3.63, 3.8) is 0 Å². The molecule has 1 aromatic heterocycles. The third kappa shape index (κ3) is 3.22. The van der Waals surface area contributed by atoms with Gasteiger partial charge >= 0.3 is 5.63 Å². The fourth-order valence-corrected chi connectivity index (χ4v) is 1.52. The van der Waals surface area contributed by atoms with E-state index in [0.29, 0.717) is 5.76 Å². The highest BCUT2D eigenvalue weighted by atomic mass is 16.4. The first kappa shape index (κ1) is 12.9. The summed E-state index contributed by atoms with van der Waals surface area (Å²) in [5.41, 5.74) is 4.10. The SMILES string of the molecule is Cc1ccc(N/N=C/c2c(O)cc(C)oc2=O)cc1. The third-order valence-electron chi connectivity index (χ3n) is 2.53. The summed E-state index contributed by atoms with van der Waals surface area (Å²) in [5.74, 6) is 0.203. The van der Waals surface area contributed by atoms with Gasteiger partial charge in [-0.15, -0.1) is 0 Å². The topological polar surface area (TPSA) is 74.8 Å². The van der Waals surface area contributed by atoms with Crippen LogP contribution in [0.4, 0.5) is 5.69 Å². The molecule has 5 heteroatoms. The van der Waals surface area contributed by atoms with Crippen molar-refractivity contribution in [1.82, 2.24) is 0 Å². The summed E-state index contributed by atoms with van der Waals surface area (Å²) in [4.78, 5) is 11.5. The van der Waals surface area contributed by atoms with Crippen molar-refractivity contribution in [3.8, 4) is 5.75 Å². The minimum Gasteiger partial charge on any atom is -0.507 e. The van der Waals surface area contributed by atoms with E-state index in [0.717, 1.165) is 11.3 Å². The Hall–Kier alpha value is -2.56. The molecule has 0 aliphatic heterocycles. The zero-order valence-electron chi connectivity index (χ0n) is 10.7. The number of nitrogens with one attached hydrogen (secondary N) is 1. The number of rotatable bonds is 3. The zero-order valence-corrected chi connectivity index (χ0v) is 10.7. The van der Waals surface area contributed by atoms with Gasteiger partial charge in [-0.1, -0.05) is 17.7 Å². The van der Waals surface area contributed by atoms with Crippen molar-refractivity contribution in [2.45, 2.75) is 13.8 Å². The molecule has 0 atom stereocenters. The van der Waals surface area contributed by atoms with Gasteiger partial charge in [-0.25, -0.2) is 4.79 Å². The Morgan fingerprint density at radius 1 is 1.26 bits per heavy atom. The van der Waals surface area contributed by atoms with E-state index < -0.39 is 5.63 Å². The van der Waals surface area contributed by atoms with Crippen molar-refractivity contribution in [2.75, 3.05) is 5.43 Å². The minimum atomic E-state index is -0.619. The van der Waals surface area contributed by atoms with Crippen molar-refractivity contribution in [3.05, 3.63) is 57.6 Å². The van der Waals surface area contributed by atoms with Crippen molar-refractivity contribution >= 4 is 11.9 Å². The van der Waals surface area contributed by atoms with Crippen LogP contribution < -0.4 is 11.1 Å². The van der Waals surface area contributed by atoms with Crippen LogP contribution >= 0.6 is 0 Å². The largest absolute Gasteiger partial charge is 0.507 e. The summed E-state index contributed by atoms with van der Waals surface area (Å²) in [5, 5.41) is 13.5. The number of anilines is 1. The van der Waals surface area contributed by atoms with Gasteiger partial charge in [0, 0.05) is 6.07 Å². The number of hydrazone groups is 1. The standard InChI is InChI=1S/C14H14N2O3/c1-9-3-5-11(6-4-9)16-15-8-12-13(17)7-10(2)19-14(12)18/h3-8,16-17H,1-2H3/b15-8+. The molecule has 0 radical (unpaired) electrons. The summed E-state index contributed by atoms with van der Waals surface area (Å²) in [7, 11) is 0. The van der Waals surface area contributed by atoms with Crippen LogP contribution in [-0.2, 0) is 0 Å². The molecule has 0 fully saturated rings. The molecule has 0 spiro atoms. The van der Waals surface area contributed by atoms with E-state index in [2.05, 4.69) is 10.5 Å². The summed E-state index contributed by atoms with van der Waals surface area (Å²) >= 11 is 0. The smallest absolute Gasteiger partial charge is 0.348 e. The first-order valence-electron chi connectivity index (χ1n) is 5.76. The molecular weight excluding hydrogens is 244 g/mol. The van der Waals surface area contributed by atoms with Crippen LogP contribution in [0.5, 0.6) is 5.75 Å². The Balaban J connectivity index is 2.15. The average molecular weight is 258 g/mol. The molecule has 0 bridgehead atoms.